The molecule has 1 atom stereocenters. The van der Waals surface area contributed by atoms with Crippen LogP contribution in [0.2, 0.25) is 0 Å². The molecule has 1 saturated heterocycles. The summed E-state index contributed by atoms with van der Waals surface area (Å²) in [6, 6.07) is 11.9. The molecule has 0 spiro atoms. The van der Waals surface area contributed by atoms with E-state index in [0.29, 0.717) is 17.9 Å². The number of amides is 1. The molecule has 0 bridgehead atoms. The Morgan fingerprint density at radius 1 is 1.15 bits per heavy atom. The van der Waals surface area contributed by atoms with Gasteiger partial charge < -0.3 is 14.7 Å². The Bertz CT molecular complexity index is 1180. The topological polar surface area (TPSA) is 79.7 Å². The Morgan fingerprint density at radius 2 is 1.94 bits per heavy atom. The van der Waals surface area contributed by atoms with E-state index in [0.717, 1.165) is 35.3 Å². The van der Waals surface area contributed by atoms with E-state index in [9.17, 15) is 14.7 Å². The predicted molar refractivity (Wildman–Crippen MR) is 133 cm³/mol. The van der Waals surface area contributed by atoms with Crippen molar-refractivity contribution in [1.82, 2.24) is 9.88 Å². The van der Waals surface area contributed by atoms with Crippen molar-refractivity contribution in [3.8, 4) is 5.75 Å². The number of aromatic nitrogens is 1. The highest BCUT2D eigenvalue weighted by atomic mass is 32.1. The normalized spacial score (nSPS) is 17.4. The number of aliphatic hydroxyl groups is 1. The number of ketones is 1. The molecule has 0 aliphatic carbocycles. The van der Waals surface area contributed by atoms with Gasteiger partial charge in [0.1, 0.15) is 17.6 Å². The second-order valence-corrected chi connectivity index (χ2v) is 9.28. The van der Waals surface area contributed by atoms with Gasteiger partial charge >= 0.3 is 0 Å². The van der Waals surface area contributed by atoms with Crippen molar-refractivity contribution in [3.05, 3.63) is 87.4 Å². The predicted octanol–water partition coefficient (Wildman–Crippen LogP) is 5.64. The second-order valence-electron chi connectivity index (χ2n) is 8.34. The number of unbranched alkanes of at least 4 members (excludes halogenated alkanes) is 2. The van der Waals surface area contributed by atoms with Crippen molar-refractivity contribution < 1.29 is 19.4 Å². The summed E-state index contributed by atoms with van der Waals surface area (Å²) < 4.78 is 5.75. The fourth-order valence-corrected chi connectivity index (χ4v) is 5.12. The lowest BCUT2D eigenvalue weighted by Gasteiger charge is -2.25. The number of carbonyl (C=O) groups is 2. The van der Waals surface area contributed by atoms with E-state index in [1.54, 1.807) is 42.7 Å². The summed E-state index contributed by atoms with van der Waals surface area (Å²) in [6.45, 7) is 4.95. The molecule has 0 saturated carbocycles. The van der Waals surface area contributed by atoms with Crippen molar-refractivity contribution in [3.63, 3.8) is 0 Å². The first-order valence-electron chi connectivity index (χ1n) is 11.5. The summed E-state index contributed by atoms with van der Waals surface area (Å²) in [6.07, 6.45) is 6.56. The van der Waals surface area contributed by atoms with Crippen LogP contribution < -0.4 is 4.74 Å². The first-order valence-corrected chi connectivity index (χ1v) is 12.3. The smallest absolute Gasteiger partial charge is 0.295 e. The maximum absolute atomic E-state index is 13.2. The highest BCUT2D eigenvalue weighted by Crippen LogP contribution is 2.43. The number of pyridine rings is 1. The molecule has 6 nitrogen and oxygen atoms in total. The molecule has 1 aliphatic heterocycles. The van der Waals surface area contributed by atoms with E-state index in [4.69, 9.17) is 4.74 Å². The second kappa shape index (κ2) is 10.7. The summed E-state index contributed by atoms with van der Waals surface area (Å²) in [4.78, 5) is 32.8. The van der Waals surface area contributed by atoms with Crippen LogP contribution in [-0.2, 0) is 16.1 Å². The van der Waals surface area contributed by atoms with E-state index in [-0.39, 0.29) is 17.9 Å². The number of thiophene rings is 1. The number of carbonyl (C=O) groups excluding carboxylic acids is 2. The van der Waals surface area contributed by atoms with Gasteiger partial charge in [0.15, 0.2) is 0 Å². The molecule has 1 aliphatic rings. The zero-order valence-corrected chi connectivity index (χ0v) is 20.2. The Balaban J connectivity index is 1.69. The van der Waals surface area contributed by atoms with Gasteiger partial charge in [-0.25, -0.2) is 0 Å². The van der Waals surface area contributed by atoms with Gasteiger partial charge in [0.25, 0.3) is 11.7 Å². The van der Waals surface area contributed by atoms with Crippen LogP contribution in [-0.4, -0.2) is 33.3 Å². The fraction of sp³-hybridized carbons (Fsp3) is 0.296. The van der Waals surface area contributed by atoms with Gasteiger partial charge in [-0.1, -0.05) is 25.8 Å². The zero-order chi connectivity index (χ0) is 24.1. The molecule has 1 N–H and O–H groups in total. The third kappa shape index (κ3) is 4.89. The van der Waals surface area contributed by atoms with Crippen molar-refractivity contribution in [1.29, 1.82) is 0 Å². The number of hydrogen-bond donors (Lipinski definition) is 1. The Hall–Kier alpha value is -3.45. The molecule has 176 valence electrons. The Labute approximate surface area is 203 Å². The lowest BCUT2D eigenvalue weighted by atomic mass is 9.98. The van der Waals surface area contributed by atoms with Crippen LogP contribution in [0.15, 0.2) is 65.8 Å². The Kier molecular flexibility index (Phi) is 7.43. The molecule has 1 aromatic carbocycles. The number of Topliss-reactive ketones (excluding diaryl/α,β-unsaturated/α-hetero) is 1. The maximum Gasteiger partial charge on any atom is 0.295 e. The summed E-state index contributed by atoms with van der Waals surface area (Å²) in [5.41, 5.74) is 2.36. The minimum absolute atomic E-state index is 0.107. The van der Waals surface area contributed by atoms with Gasteiger partial charge in [0, 0.05) is 29.4 Å². The third-order valence-corrected chi connectivity index (χ3v) is 6.98. The van der Waals surface area contributed by atoms with E-state index < -0.39 is 17.7 Å². The fourth-order valence-electron chi connectivity index (χ4n) is 4.08. The molecule has 3 heterocycles. The number of ether oxygens (including phenoxy) is 1. The molecule has 2 aromatic heterocycles. The number of likely N-dealkylation sites (tertiary alicyclic amines) is 1. The number of aryl methyl sites for hydroxylation is 1. The first kappa shape index (κ1) is 23.7. The van der Waals surface area contributed by atoms with Crippen LogP contribution in [0.25, 0.3) is 5.76 Å². The number of nitrogens with zero attached hydrogens (tertiary/aromatic N) is 2. The van der Waals surface area contributed by atoms with Crippen molar-refractivity contribution in [2.45, 2.75) is 45.7 Å². The van der Waals surface area contributed by atoms with E-state index >= 15 is 0 Å². The minimum atomic E-state index is -0.681. The largest absolute Gasteiger partial charge is 0.507 e. The van der Waals surface area contributed by atoms with Crippen molar-refractivity contribution in [2.75, 3.05) is 6.61 Å². The van der Waals surface area contributed by atoms with Gasteiger partial charge in [-0.3, -0.25) is 14.6 Å². The van der Waals surface area contributed by atoms with Crippen LogP contribution in [0.3, 0.4) is 0 Å². The summed E-state index contributed by atoms with van der Waals surface area (Å²) in [5.74, 6) is -0.782. The van der Waals surface area contributed by atoms with Gasteiger partial charge in [-0.05, 0) is 66.2 Å². The maximum atomic E-state index is 13.2. The molecule has 1 unspecified atom stereocenters. The molecule has 4 rings (SSSR count). The van der Waals surface area contributed by atoms with E-state index in [2.05, 4.69) is 11.9 Å². The van der Waals surface area contributed by atoms with Gasteiger partial charge in [0.2, 0.25) is 0 Å². The van der Waals surface area contributed by atoms with Gasteiger partial charge in [0.05, 0.1) is 12.2 Å². The molecule has 1 fully saturated rings. The number of hydrogen-bond acceptors (Lipinski definition) is 6. The molecule has 7 heteroatoms. The molecule has 0 radical (unpaired) electrons. The first-order chi connectivity index (χ1) is 16.5. The van der Waals surface area contributed by atoms with Crippen LogP contribution in [0.5, 0.6) is 5.75 Å². The van der Waals surface area contributed by atoms with Crippen molar-refractivity contribution >= 4 is 28.8 Å². The lowest BCUT2D eigenvalue weighted by molar-refractivity contribution is -0.140. The van der Waals surface area contributed by atoms with Crippen molar-refractivity contribution in [2.24, 2.45) is 0 Å². The zero-order valence-electron chi connectivity index (χ0n) is 19.4. The molecule has 1 amide bonds. The highest BCUT2D eigenvalue weighted by molar-refractivity contribution is 7.10. The van der Waals surface area contributed by atoms with Crippen LogP contribution in [0, 0.1) is 6.92 Å². The van der Waals surface area contributed by atoms with Crippen LogP contribution >= 0.6 is 11.3 Å². The SMILES string of the molecule is CCCCCOc1ccc(/C(O)=C2/C(=O)C(=O)N(Cc3cccnc3)C2c2sccc2C)cc1. The molecular formula is C27H28N2O4S. The summed E-state index contributed by atoms with van der Waals surface area (Å²) in [7, 11) is 0. The molecule has 34 heavy (non-hydrogen) atoms. The molecular weight excluding hydrogens is 448 g/mol. The standard InChI is InChI=1S/C27H28N2O4S/c1-3-4-5-14-33-21-10-8-20(9-11-21)24(30)22-23(26-18(2)12-15-34-26)29(27(32)25(22)31)17-19-7-6-13-28-16-19/h6-13,15-16,23,30H,3-5,14,17H2,1-2H3/b24-22-. The lowest BCUT2D eigenvalue weighted by Crippen LogP contribution is -2.29. The average molecular weight is 477 g/mol. The van der Waals surface area contributed by atoms with E-state index in [1.165, 1.54) is 16.2 Å². The van der Waals surface area contributed by atoms with Crippen LogP contribution in [0.4, 0.5) is 0 Å². The van der Waals surface area contributed by atoms with Gasteiger partial charge in [-0.15, -0.1) is 11.3 Å². The monoisotopic (exact) mass is 476 g/mol. The Morgan fingerprint density at radius 3 is 2.59 bits per heavy atom. The van der Waals surface area contributed by atoms with Crippen LogP contribution in [0.1, 0.15) is 53.8 Å². The quantitative estimate of drug-likeness (QED) is 0.187. The highest BCUT2D eigenvalue weighted by Gasteiger charge is 2.47. The number of rotatable bonds is 9. The van der Waals surface area contributed by atoms with Gasteiger partial charge in [-0.2, -0.15) is 0 Å². The summed E-state index contributed by atoms with van der Waals surface area (Å²) >= 11 is 1.47. The third-order valence-electron chi connectivity index (χ3n) is 5.91. The summed E-state index contributed by atoms with van der Waals surface area (Å²) in [5, 5.41) is 13.2. The van der Waals surface area contributed by atoms with E-state index in [1.807, 2.05) is 24.4 Å². The average Bonchev–Trinajstić information content (AvgIpc) is 3.38. The molecule has 3 aromatic rings. The number of benzene rings is 1. The minimum Gasteiger partial charge on any atom is -0.507 e. The number of aliphatic hydroxyl groups excluding tert-OH is 1.